The molecule has 0 aromatic heterocycles. The second-order valence-electron chi connectivity index (χ2n) is 3.70. The third-order valence-electron chi connectivity index (χ3n) is 2.38. The van der Waals surface area contributed by atoms with E-state index in [0.717, 1.165) is 5.56 Å². The molecule has 0 aliphatic heterocycles. The highest BCUT2D eigenvalue weighted by molar-refractivity contribution is 5.90. The number of carbonyl (C=O) groups is 1. The molecule has 0 bridgehead atoms. The number of aromatic hydroxyl groups is 1. The van der Waals surface area contributed by atoms with Gasteiger partial charge in [0.2, 0.25) is 0 Å². The molecule has 2 rings (SSSR count). The van der Waals surface area contributed by atoms with Crippen molar-refractivity contribution in [3.8, 4) is 16.9 Å². The zero-order valence-corrected chi connectivity index (χ0v) is 8.92. The quantitative estimate of drug-likeness (QED) is 0.690. The Kier molecular flexibility index (Phi) is 2.70. The normalized spacial score (nSPS) is 10.1. The molecular weight excluding hydrogens is 218 g/mol. The van der Waals surface area contributed by atoms with Gasteiger partial charge in [-0.3, -0.25) is 0 Å². The van der Waals surface area contributed by atoms with E-state index in [1.165, 1.54) is 18.2 Å². The number of anilines is 1. The van der Waals surface area contributed by atoms with Crippen molar-refractivity contribution in [1.29, 1.82) is 0 Å². The second-order valence-corrected chi connectivity index (χ2v) is 3.70. The molecule has 0 radical (unpaired) electrons. The van der Waals surface area contributed by atoms with E-state index in [2.05, 4.69) is 0 Å². The van der Waals surface area contributed by atoms with Crippen LogP contribution in [0.1, 0.15) is 10.4 Å². The Morgan fingerprint density at radius 2 is 1.82 bits per heavy atom. The van der Waals surface area contributed by atoms with Gasteiger partial charge in [-0.1, -0.05) is 12.1 Å². The van der Waals surface area contributed by atoms with Gasteiger partial charge >= 0.3 is 5.97 Å². The molecular formula is C13H11NO3. The summed E-state index contributed by atoms with van der Waals surface area (Å²) in [5.41, 5.74) is 7.67. The van der Waals surface area contributed by atoms with Crippen LogP contribution in [0.25, 0.3) is 11.1 Å². The fraction of sp³-hybridized carbons (Fsp3) is 0. The first kappa shape index (κ1) is 11.0. The van der Waals surface area contributed by atoms with Crippen LogP contribution in [0.15, 0.2) is 42.5 Å². The van der Waals surface area contributed by atoms with Gasteiger partial charge in [0.1, 0.15) is 5.75 Å². The van der Waals surface area contributed by atoms with E-state index >= 15 is 0 Å². The van der Waals surface area contributed by atoms with Gasteiger partial charge in [-0.05, 0) is 41.5 Å². The standard InChI is InChI=1S/C13H11NO3/c14-11-3-1-2-8(5-11)9-4-10(13(16)17)7-12(15)6-9/h1-7,15H,14H2,(H,16,17). The molecule has 0 spiro atoms. The van der Waals surface area contributed by atoms with Crippen molar-refractivity contribution in [1.82, 2.24) is 0 Å². The van der Waals surface area contributed by atoms with Crippen LogP contribution in [0.4, 0.5) is 5.69 Å². The van der Waals surface area contributed by atoms with Crippen molar-refractivity contribution in [2.24, 2.45) is 0 Å². The lowest BCUT2D eigenvalue weighted by atomic mass is 10.0. The van der Waals surface area contributed by atoms with E-state index < -0.39 is 5.97 Å². The van der Waals surface area contributed by atoms with Crippen LogP contribution >= 0.6 is 0 Å². The van der Waals surface area contributed by atoms with Crippen LogP contribution in [-0.4, -0.2) is 16.2 Å². The van der Waals surface area contributed by atoms with Gasteiger partial charge in [-0.2, -0.15) is 0 Å². The summed E-state index contributed by atoms with van der Waals surface area (Å²) in [6.45, 7) is 0. The number of hydrogen-bond donors (Lipinski definition) is 3. The van der Waals surface area contributed by atoms with Crippen LogP contribution in [0.2, 0.25) is 0 Å². The van der Waals surface area contributed by atoms with Crippen molar-refractivity contribution in [3.05, 3.63) is 48.0 Å². The maximum atomic E-state index is 10.9. The first-order valence-corrected chi connectivity index (χ1v) is 4.99. The molecule has 0 atom stereocenters. The van der Waals surface area contributed by atoms with Gasteiger partial charge in [-0.15, -0.1) is 0 Å². The summed E-state index contributed by atoms with van der Waals surface area (Å²) in [5, 5.41) is 18.4. The Morgan fingerprint density at radius 3 is 2.47 bits per heavy atom. The summed E-state index contributed by atoms with van der Waals surface area (Å²) in [5.74, 6) is -1.16. The van der Waals surface area contributed by atoms with Crippen molar-refractivity contribution >= 4 is 11.7 Å². The van der Waals surface area contributed by atoms with E-state index in [4.69, 9.17) is 10.8 Å². The Balaban J connectivity index is 2.56. The molecule has 4 nitrogen and oxygen atoms in total. The third kappa shape index (κ3) is 2.36. The molecule has 0 fully saturated rings. The number of benzene rings is 2. The highest BCUT2D eigenvalue weighted by Crippen LogP contribution is 2.26. The van der Waals surface area contributed by atoms with E-state index in [1.54, 1.807) is 24.3 Å². The molecule has 4 N–H and O–H groups in total. The average molecular weight is 229 g/mol. The molecule has 2 aromatic carbocycles. The van der Waals surface area contributed by atoms with Gasteiger partial charge in [0.15, 0.2) is 0 Å². The van der Waals surface area contributed by atoms with Crippen molar-refractivity contribution < 1.29 is 15.0 Å². The van der Waals surface area contributed by atoms with Gasteiger partial charge in [0, 0.05) is 5.69 Å². The summed E-state index contributed by atoms with van der Waals surface area (Å²) in [4.78, 5) is 10.9. The molecule has 17 heavy (non-hydrogen) atoms. The van der Waals surface area contributed by atoms with Crippen molar-refractivity contribution in [2.75, 3.05) is 5.73 Å². The molecule has 86 valence electrons. The molecule has 2 aromatic rings. The van der Waals surface area contributed by atoms with Crippen molar-refractivity contribution in [2.45, 2.75) is 0 Å². The number of phenols is 1. The number of carboxylic acids is 1. The Labute approximate surface area is 97.9 Å². The number of hydrogen-bond acceptors (Lipinski definition) is 3. The number of aromatic carboxylic acids is 1. The molecule has 0 heterocycles. The summed E-state index contributed by atoms with van der Waals surface area (Å²) < 4.78 is 0. The molecule has 0 amide bonds. The lowest BCUT2D eigenvalue weighted by molar-refractivity contribution is 0.0696. The monoisotopic (exact) mass is 229 g/mol. The minimum absolute atomic E-state index is 0.0439. The molecule has 0 saturated heterocycles. The second kappa shape index (κ2) is 4.17. The molecule has 0 unspecified atom stereocenters. The number of phenolic OH excluding ortho intramolecular Hbond substituents is 1. The summed E-state index contributed by atoms with van der Waals surface area (Å²) in [6, 6.07) is 11.2. The van der Waals surface area contributed by atoms with Gasteiger partial charge in [0.25, 0.3) is 0 Å². The largest absolute Gasteiger partial charge is 0.508 e. The van der Waals surface area contributed by atoms with Crippen LogP contribution in [0.5, 0.6) is 5.75 Å². The Morgan fingerprint density at radius 1 is 1.06 bits per heavy atom. The van der Waals surface area contributed by atoms with Crippen LogP contribution < -0.4 is 5.73 Å². The van der Waals surface area contributed by atoms with E-state index in [0.29, 0.717) is 11.3 Å². The summed E-state index contributed by atoms with van der Waals surface area (Å²) in [7, 11) is 0. The molecule has 0 saturated carbocycles. The predicted octanol–water partition coefficient (Wildman–Crippen LogP) is 2.34. The Bertz CT molecular complexity index is 579. The summed E-state index contributed by atoms with van der Waals surface area (Å²) in [6.07, 6.45) is 0. The lowest BCUT2D eigenvalue weighted by Crippen LogP contribution is -1.96. The summed E-state index contributed by atoms with van der Waals surface area (Å²) >= 11 is 0. The fourth-order valence-electron chi connectivity index (χ4n) is 1.62. The SMILES string of the molecule is Nc1cccc(-c2cc(O)cc(C(=O)O)c2)c1. The molecule has 4 heteroatoms. The van der Waals surface area contributed by atoms with E-state index in [-0.39, 0.29) is 11.3 Å². The minimum Gasteiger partial charge on any atom is -0.508 e. The van der Waals surface area contributed by atoms with Crippen LogP contribution in [0.3, 0.4) is 0 Å². The highest BCUT2D eigenvalue weighted by Gasteiger charge is 2.08. The topological polar surface area (TPSA) is 83.5 Å². The number of nitrogens with two attached hydrogens (primary N) is 1. The van der Waals surface area contributed by atoms with Gasteiger partial charge in [0.05, 0.1) is 5.56 Å². The Hall–Kier alpha value is -2.49. The number of nitrogen functional groups attached to an aromatic ring is 1. The maximum absolute atomic E-state index is 10.9. The predicted molar refractivity (Wildman–Crippen MR) is 64.9 cm³/mol. The third-order valence-corrected chi connectivity index (χ3v) is 2.38. The molecule has 0 aliphatic carbocycles. The molecule has 0 aliphatic rings. The highest BCUT2D eigenvalue weighted by atomic mass is 16.4. The van der Waals surface area contributed by atoms with E-state index in [1.807, 2.05) is 0 Å². The minimum atomic E-state index is -1.08. The smallest absolute Gasteiger partial charge is 0.335 e. The van der Waals surface area contributed by atoms with Crippen molar-refractivity contribution in [3.63, 3.8) is 0 Å². The van der Waals surface area contributed by atoms with Gasteiger partial charge < -0.3 is 15.9 Å². The lowest BCUT2D eigenvalue weighted by Gasteiger charge is -2.05. The van der Waals surface area contributed by atoms with Crippen LogP contribution in [-0.2, 0) is 0 Å². The maximum Gasteiger partial charge on any atom is 0.335 e. The number of rotatable bonds is 2. The first-order valence-electron chi connectivity index (χ1n) is 4.99. The van der Waals surface area contributed by atoms with Crippen LogP contribution in [0, 0.1) is 0 Å². The van der Waals surface area contributed by atoms with E-state index in [9.17, 15) is 9.90 Å². The zero-order valence-electron chi connectivity index (χ0n) is 8.92. The zero-order chi connectivity index (χ0) is 12.4. The average Bonchev–Trinajstić information content (AvgIpc) is 2.28. The first-order chi connectivity index (χ1) is 8.06. The van der Waals surface area contributed by atoms with Gasteiger partial charge in [-0.25, -0.2) is 4.79 Å². The fourth-order valence-corrected chi connectivity index (χ4v) is 1.62. The number of carboxylic acid groups (broad SMARTS) is 1.